The molecule has 0 radical (unpaired) electrons. The maximum atomic E-state index is 15.3. The largest absolute Gasteiger partial charge is 0.462 e. The van der Waals surface area contributed by atoms with Gasteiger partial charge >= 0.3 is 5.97 Å². The number of ether oxygens (including phenoxy) is 1. The van der Waals surface area contributed by atoms with Crippen molar-refractivity contribution in [1.82, 2.24) is 4.57 Å². The minimum absolute atomic E-state index is 0.0123. The van der Waals surface area contributed by atoms with Gasteiger partial charge in [-0.25, -0.2) is 9.18 Å². The van der Waals surface area contributed by atoms with E-state index < -0.39 is 23.1 Å². The summed E-state index contributed by atoms with van der Waals surface area (Å²) in [5.41, 5.74) is 0.291. The SMILES string of the molecule is CCOC(=O)c1cn(C2CC2)c2c(C)c(Cl)c(F)c(NC(=O)Cc3ccccc3)c2c1=O. The van der Waals surface area contributed by atoms with E-state index in [1.54, 1.807) is 42.7 Å². The van der Waals surface area contributed by atoms with Gasteiger partial charge in [-0.2, -0.15) is 0 Å². The van der Waals surface area contributed by atoms with Crippen LogP contribution in [-0.4, -0.2) is 23.1 Å². The summed E-state index contributed by atoms with van der Waals surface area (Å²) >= 11 is 6.27. The molecular weight excluding hydrogens is 435 g/mol. The van der Waals surface area contributed by atoms with Crippen molar-refractivity contribution in [3.63, 3.8) is 0 Å². The molecular formula is C24H22ClFN2O4. The number of halogens is 2. The lowest BCUT2D eigenvalue weighted by Crippen LogP contribution is -2.24. The number of nitrogens with zero attached hydrogens (tertiary/aromatic N) is 1. The van der Waals surface area contributed by atoms with Crippen LogP contribution in [0.1, 0.15) is 47.3 Å². The summed E-state index contributed by atoms with van der Waals surface area (Å²) in [7, 11) is 0. The molecule has 32 heavy (non-hydrogen) atoms. The van der Waals surface area contributed by atoms with Crippen LogP contribution in [0, 0.1) is 12.7 Å². The molecule has 1 amide bonds. The number of benzene rings is 2. The molecule has 0 aliphatic heterocycles. The van der Waals surface area contributed by atoms with Gasteiger partial charge in [0.1, 0.15) is 5.56 Å². The maximum absolute atomic E-state index is 15.3. The number of hydrogen-bond donors (Lipinski definition) is 1. The molecule has 1 heterocycles. The highest BCUT2D eigenvalue weighted by Gasteiger charge is 2.31. The molecule has 0 spiro atoms. The first-order valence-electron chi connectivity index (χ1n) is 10.4. The molecule has 0 atom stereocenters. The fraction of sp³-hybridized carbons (Fsp3) is 0.292. The number of pyridine rings is 1. The standard InChI is InChI=1S/C24H22ClFN2O4/c1-3-32-24(31)16-12-28(15-9-10-15)22-13(2)19(25)20(26)21(18(22)23(16)30)27-17(29)11-14-7-5-4-6-8-14/h4-8,12,15H,3,9-11H2,1-2H3,(H,27,29). The van der Waals surface area contributed by atoms with E-state index in [9.17, 15) is 14.4 Å². The average Bonchev–Trinajstić information content (AvgIpc) is 3.61. The van der Waals surface area contributed by atoms with Crippen LogP contribution < -0.4 is 10.7 Å². The molecule has 1 aromatic heterocycles. The van der Waals surface area contributed by atoms with Crippen LogP contribution in [0.3, 0.4) is 0 Å². The fourth-order valence-electron chi connectivity index (χ4n) is 3.81. The monoisotopic (exact) mass is 456 g/mol. The number of fused-ring (bicyclic) bond motifs is 1. The van der Waals surface area contributed by atoms with Crippen LogP contribution in [0.15, 0.2) is 41.3 Å². The first-order valence-corrected chi connectivity index (χ1v) is 10.8. The van der Waals surface area contributed by atoms with Gasteiger partial charge in [0, 0.05) is 12.2 Å². The highest BCUT2D eigenvalue weighted by Crippen LogP contribution is 2.41. The Morgan fingerprint density at radius 3 is 2.56 bits per heavy atom. The Morgan fingerprint density at radius 1 is 1.25 bits per heavy atom. The number of carbonyl (C=O) groups excluding carboxylic acids is 2. The Balaban J connectivity index is 1.92. The summed E-state index contributed by atoms with van der Waals surface area (Å²) < 4.78 is 22.1. The molecule has 1 N–H and O–H groups in total. The van der Waals surface area contributed by atoms with E-state index >= 15 is 4.39 Å². The zero-order valence-electron chi connectivity index (χ0n) is 17.7. The maximum Gasteiger partial charge on any atom is 0.343 e. The molecule has 0 bridgehead atoms. The van der Waals surface area contributed by atoms with Gasteiger partial charge in [-0.1, -0.05) is 41.9 Å². The van der Waals surface area contributed by atoms with Gasteiger partial charge in [-0.05, 0) is 37.8 Å². The molecule has 8 heteroatoms. The topological polar surface area (TPSA) is 77.4 Å². The summed E-state index contributed by atoms with van der Waals surface area (Å²) in [6, 6.07) is 9.01. The van der Waals surface area contributed by atoms with Gasteiger partial charge in [0.25, 0.3) is 0 Å². The summed E-state index contributed by atoms with van der Waals surface area (Å²) in [6.07, 6.45) is 3.15. The van der Waals surface area contributed by atoms with Crippen molar-refractivity contribution >= 4 is 40.1 Å². The minimum atomic E-state index is -0.904. The van der Waals surface area contributed by atoms with Crippen LogP contribution in [0.2, 0.25) is 5.02 Å². The van der Waals surface area contributed by atoms with Gasteiger partial charge in [-0.3, -0.25) is 9.59 Å². The van der Waals surface area contributed by atoms with Crippen molar-refractivity contribution in [2.24, 2.45) is 0 Å². The number of carbonyl (C=O) groups is 2. The molecule has 1 saturated carbocycles. The predicted molar refractivity (Wildman–Crippen MR) is 121 cm³/mol. The normalized spacial score (nSPS) is 13.2. The molecule has 166 valence electrons. The van der Waals surface area contributed by atoms with E-state index in [0.29, 0.717) is 11.1 Å². The van der Waals surface area contributed by atoms with Crippen LogP contribution in [0.5, 0.6) is 0 Å². The second-order valence-corrected chi connectivity index (χ2v) is 8.17. The van der Waals surface area contributed by atoms with E-state index in [1.165, 1.54) is 6.20 Å². The Labute approximate surface area is 188 Å². The molecule has 0 unspecified atom stereocenters. The fourth-order valence-corrected chi connectivity index (χ4v) is 4.00. The Morgan fingerprint density at radius 2 is 1.94 bits per heavy atom. The molecule has 4 rings (SSSR count). The third-order valence-corrected chi connectivity index (χ3v) is 5.94. The summed E-state index contributed by atoms with van der Waals surface area (Å²) in [4.78, 5) is 38.5. The number of amides is 1. The van der Waals surface area contributed by atoms with E-state index in [0.717, 1.165) is 18.4 Å². The third kappa shape index (κ3) is 4.00. The zero-order valence-corrected chi connectivity index (χ0v) is 18.5. The van der Waals surface area contributed by atoms with E-state index in [2.05, 4.69) is 5.32 Å². The van der Waals surface area contributed by atoms with Gasteiger partial charge in [0.05, 0.1) is 34.6 Å². The average molecular weight is 457 g/mol. The number of aryl methyl sites for hydroxylation is 1. The van der Waals surface area contributed by atoms with Crippen molar-refractivity contribution in [2.75, 3.05) is 11.9 Å². The smallest absolute Gasteiger partial charge is 0.343 e. The number of aromatic nitrogens is 1. The second kappa shape index (κ2) is 8.74. The number of hydrogen-bond acceptors (Lipinski definition) is 4. The van der Waals surface area contributed by atoms with Gasteiger partial charge < -0.3 is 14.6 Å². The van der Waals surface area contributed by atoms with E-state index in [4.69, 9.17) is 16.3 Å². The van der Waals surface area contributed by atoms with Gasteiger partial charge in [0.2, 0.25) is 11.3 Å². The van der Waals surface area contributed by atoms with Crippen LogP contribution in [0.4, 0.5) is 10.1 Å². The van der Waals surface area contributed by atoms with E-state index in [1.807, 2.05) is 6.07 Å². The first kappa shape index (κ1) is 22.0. The zero-order chi connectivity index (χ0) is 23.0. The molecule has 1 aliphatic rings. The van der Waals surface area contributed by atoms with Gasteiger partial charge in [-0.15, -0.1) is 0 Å². The molecule has 0 saturated heterocycles. The molecule has 3 aromatic rings. The second-order valence-electron chi connectivity index (χ2n) is 7.79. The minimum Gasteiger partial charge on any atom is -0.462 e. The summed E-state index contributed by atoms with van der Waals surface area (Å²) in [5, 5.41) is 2.28. The van der Waals surface area contributed by atoms with Crippen LogP contribution >= 0.6 is 11.6 Å². The van der Waals surface area contributed by atoms with Gasteiger partial charge in [0.15, 0.2) is 5.82 Å². The molecule has 6 nitrogen and oxygen atoms in total. The van der Waals surface area contributed by atoms with Crippen molar-refractivity contribution in [3.05, 3.63) is 74.3 Å². The number of nitrogens with one attached hydrogen (secondary N) is 1. The molecule has 2 aromatic carbocycles. The lowest BCUT2D eigenvalue weighted by molar-refractivity contribution is -0.115. The molecule has 1 aliphatic carbocycles. The van der Waals surface area contributed by atoms with Crippen LogP contribution in [-0.2, 0) is 16.0 Å². The van der Waals surface area contributed by atoms with Crippen molar-refractivity contribution in [1.29, 1.82) is 0 Å². The molecule has 1 fully saturated rings. The van der Waals surface area contributed by atoms with E-state index in [-0.39, 0.29) is 40.7 Å². The quantitative estimate of drug-likeness (QED) is 0.541. The lowest BCUT2D eigenvalue weighted by Gasteiger charge is -2.19. The first-order chi connectivity index (χ1) is 15.3. The Hall–Kier alpha value is -3.19. The van der Waals surface area contributed by atoms with Crippen LogP contribution in [0.25, 0.3) is 10.9 Å². The number of rotatable bonds is 6. The Bertz CT molecular complexity index is 1280. The number of esters is 1. The lowest BCUT2D eigenvalue weighted by atomic mass is 10.0. The highest BCUT2D eigenvalue weighted by molar-refractivity contribution is 6.33. The predicted octanol–water partition coefficient (Wildman–Crippen LogP) is 4.80. The highest BCUT2D eigenvalue weighted by atomic mass is 35.5. The Kier molecular flexibility index (Phi) is 6.02. The van der Waals surface area contributed by atoms with Crippen molar-refractivity contribution in [3.8, 4) is 0 Å². The summed E-state index contributed by atoms with van der Waals surface area (Å²) in [5.74, 6) is -2.20. The number of anilines is 1. The van der Waals surface area contributed by atoms with Crippen molar-refractivity contribution in [2.45, 2.75) is 39.2 Å². The third-order valence-electron chi connectivity index (χ3n) is 5.49. The van der Waals surface area contributed by atoms with Crippen molar-refractivity contribution < 1.29 is 18.7 Å². The summed E-state index contributed by atoms with van der Waals surface area (Å²) in [6.45, 7) is 3.34.